The molecule has 3 fully saturated rings. The molecule has 0 unspecified atom stereocenters. The van der Waals surface area contributed by atoms with Gasteiger partial charge in [-0.25, -0.2) is 14.8 Å². The molecule has 1 aromatic heterocycles. The lowest BCUT2D eigenvalue weighted by Crippen LogP contribution is -2.47. The van der Waals surface area contributed by atoms with Gasteiger partial charge >= 0.3 is 6.03 Å². The summed E-state index contributed by atoms with van der Waals surface area (Å²) in [6.07, 6.45) is 2.07. The summed E-state index contributed by atoms with van der Waals surface area (Å²) in [5.74, 6) is 1.06. The fraction of sp³-hybridized carbons (Fsp3) is 0.520. The Balaban J connectivity index is 1.43. The van der Waals surface area contributed by atoms with Crippen molar-refractivity contribution in [2.45, 2.75) is 44.8 Å². The van der Waals surface area contributed by atoms with Crippen LogP contribution < -0.4 is 15.5 Å². The largest absolute Gasteiger partial charge is 0.377 e. The van der Waals surface area contributed by atoms with Crippen LogP contribution >= 0.6 is 0 Å². The molecule has 2 aromatic rings. The molecule has 5 rings (SSSR count). The molecule has 1 aromatic carbocycles. The molecule has 10 heteroatoms. The zero-order valence-electron chi connectivity index (χ0n) is 20.2. The van der Waals surface area contributed by atoms with E-state index in [1.165, 1.54) is 0 Å². The molecule has 1 saturated carbocycles. The van der Waals surface area contributed by atoms with Crippen molar-refractivity contribution >= 4 is 23.4 Å². The average Bonchev–Trinajstić information content (AvgIpc) is 3.68. The third-order valence-corrected chi connectivity index (χ3v) is 6.54. The normalized spacial score (nSPS) is 22.6. The van der Waals surface area contributed by atoms with E-state index in [1.54, 1.807) is 6.07 Å². The number of rotatable bonds is 5. The first-order chi connectivity index (χ1) is 17.0. The van der Waals surface area contributed by atoms with Crippen LogP contribution in [0.25, 0.3) is 11.4 Å². The minimum atomic E-state index is -0.202. The zero-order chi connectivity index (χ0) is 24.4. The number of hydrogen-bond acceptors (Lipinski definition) is 7. The number of urea groups is 1. The molecule has 2 atom stereocenters. The topological polar surface area (TPSA) is 109 Å². The predicted octanol–water partition coefficient (Wildman–Crippen LogP) is 2.51. The highest BCUT2D eigenvalue weighted by Crippen LogP contribution is 2.26. The second-order valence-electron chi connectivity index (χ2n) is 9.42. The van der Waals surface area contributed by atoms with Gasteiger partial charge in [-0.3, -0.25) is 4.79 Å². The van der Waals surface area contributed by atoms with Gasteiger partial charge in [0.25, 0.3) is 5.91 Å². The SMILES string of the molecule is C[C@H]1COCCN1C(=O)c1cc(N2CCOC[C@@H]2C)nc(-c2ccc(NC(=O)NC3CC3)cc2)n1. The second kappa shape index (κ2) is 10.2. The third-order valence-electron chi connectivity index (χ3n) is 6.54. The molecule has 35 heavy (non-hydrogen) atoms. The highest BCUT2D eigenvalue weighted by Gasteiger charge is 2.29. The summed E-state index contributed by atoms with van der Waals surface area (Å²) >= 11 is 0. The lowest BCUT2D eigenvalue weighted by atomic mass is 10.1. The molecule has 0 spiro atoms. The van der Waals surface area contributed by atoms with E-state index in [0.29, 0.717) is 62.5 Å². The summed E-state index contributed by atoms with van der Waals surface area (Å²) in [7, 11) is 0. The number of ether oxygens (including phenoxy) is 2. The number of benzene rings is 1. The van der Waals surface area contributed by atoms with Crippen LogP contribution in [0.5, 0.6) is 0 Å². The standard InChI is InChI=1S/C25H32N6O4/c1-16-14-34-11-9-30(16)22-13-21(24(32)31-10-12-35-15-17(31)2)28-23(29-22)18-3-5-19(6-4-18)26-25(33)27-20-7-8-20/h3-6,13,16-17,20H,7-12,14-15H2,1-2H3,(H2,26,27,33)/t16-,17-/m0/s1. The molecular weight excluding hydrogens is 448 g/mol. The maximum Gasteiger partial charge on any atom is 0.319 e. The van der Waals surface area contributed by atoms with Crippen LogP contribution in [-0.4, -0.2) is 84.4 Å². The molecule has 3 aliphatic rings. The first kappa shape index (κ1) is 23.5. The molecule has 10 nitrogen and oxygen atoms in total. The predicted molar refractivity (Wildman–Crippen MR) is 132 cm³/mol. The van der Waals surface area contributed by atoms with Crippen molar-refractivity contribution in [2.75, 3.05) is 49.7 Å². The van der Waals surface area contributed by atoms with Gasteiger partial charge in [-0.05, 0) is 51.0 Å². The van der Waals surface area contributed by atoms with E-state index in [2.05, 4.69) is 27.4 Å². The minimum absolute atomic E-state index is 0.0208. The second-order valence-corrected chi connectivity index (χ2v) is 9.42. The van der Waals surface area contributed by atoms with Gasteiger partial charge in [0.05, 0.1) is 38.5 Å². The Labute approximate surface area is 205 Å². The minimum Gasteiger partial charge on any atom is -0.377 e. The molecule has 2 aliphatic heterocycles. The van der Waals surface area contributed by atoms with Crippen molar-refractivity contribution in [1.82, 2.24) is 20.2 Å². The maximum absolute atomic E-state index is 13.5. The fourth-order valence-electron chi connectivity index (χ4n) is 4.35. The number of carbonyl (C=O) groups excluding carboxylic acids is 2. The number of nitrogens with zero attached hydrogens (tertiary/aromatic N) is 4. The molecule has 2 N–H and O–H groups in total. The van der Waals surface area contributed by atoms with E-state index < -0.39 is 0 Å². The highest BCUT2D eigenvalue weighted by atomic mass is 16.5. The number of amides is 3. The van der Waals surface area contributed by atoms with Crippen LogP contribution in [0.3, 0.4) is 0 Å². The summed E-state index contributed by atoms with van der Waals surface area (Å²) in [6, 6.07) is 9.35. The monoisotopic (exact) mass is 480 g/mol. The Morgan fingerprint density at radius 2 is 1.69 bits per heavy atom. The van der Waals surface area contributed by atoms with Crippen LogP contribution in [0.1, 0.15) is 37.2 Å². The summed E-state index contributed by atoms with van der Waals surface area (Å²) in [4.78, 5) is 39.0. The Morgan fingerprint density at radius 3 is 2.37 bits per heavy atom. The quantitative estimate of drug-likeness (QED) is 0.677. The molecular formula is C25H32N6O4. The maximum atomic E-state index is 13.5. The number of morpholine rings is 2. The van der Waals surface area contributed by atoms with E-state index in [9.17, 15) is 9.59 Å². The number of carbonyl (C=O) groups is 2. The van der Waals surface area contributed by atoms with Gasteiger partial charge in [0.15, 0.2) is 5.82 Å². The Morgan fingerprint density at radius 1 is 0.971 bits per heavy atom. The van der Waals surface area contributed by atoms with Crippen LogP contribution in [0, 0.1) is 0 Å². The zero-order valence-corrected chi connectivity index (χ0v) is 20.2. The van der Waals surface area contributed by atoms with E-state index in [1.807, 2.05) is 36.1 Å². The van der Waals surface area contributed by atoms with Crippen LogP contribution in [0.4, 0.5) is 16.3 Å². The van der Waals surface area contributed by atoms with Crippen molar-refractivity contribution in [3.63, 3.8) is 0 Å². The number of nitrogens with one attached hydrogen (secondary N) is 2. The fourth-order valence-corrected chi connectivity index (χ4v) is 4.35. The van der Waals surface area contributed by atoms with Gasteiger partial charge in [0.1, 0.15) is 11.5 Å². The number of anilines is 2. The van der Waals surface area contributed by atoms with Crippen molar-refractivity contribution in [3.05, 3.63) is 36.0 Å². The summed E-state index contributed by atoms with van der Waals surface area (Å²) in [5.41, 5.74) is 1.82. The smallest absolute Gasteiger partial charge is 0.319 e. The van der Waals surface area contributed by atoms with Crippen LogP contribution in [0.2, 0.25) is 0 Å². The summed E-state index contributed by atoms with van der Waals surface area (Å²) in [5, 5.41) is 5.76. The van der Waals surface area contributed by atoms with Gasteiger partial charge in [0.2, 0.25) is 0 Å². The van der Waals surface area contributed by atoms with E-state index in [-0.39, 0.29) is 30.1 Å². The van der Waals surface area contributed by atoms with Gasteiger partial charge in [-0.1, -0.05) is 0 Å². The van der Waals surface area contributed by atoms with Crippen molar-refractivity contribution < 1.29 is 19.1 Å². The Bertz CT molecular complexity index is 1070. The van der Waals surface area contributed by atoms with E-state index in [4.69, 9.17) is 14.5 Å². The van der Waals surface area contributed by atoms with Gasteiger partial charge in [-0.2, -0.15) is 0 Å². The lowest BCUT2D eigenvalue weighted by molar-refractivity contribution is 0.00327. The first-order valence-corrected chi connectivity index (χ1v) is 12.3. The molecule has 2 saturated heterocycles. The molecule has 3 amide bonds. The van der Waals surface area contributed by atoms with Crippen molar-refractivity contribution in [1.29, 1.82) is 0 Å². The number of hydrogen-bond donors (Lipinski definition) is 2. The molecule has 186 valence electrons. The third kappa shape index (κ3) is 5.54. The summed E-state index contributed by atoms with van der Waals surface area (Å²) in [6.45, 7) is 7.53. The number of aromatic nitrogens is 2. The van der Waals surface area contributed by atoms with Crippen molar-refractivity contribution in [3.8, 4) is 11.4 Å². The van der Waals surface area contributed by atoms with Gasteiger partial charge < -0.3 is 29.9 Å². The molecule has 3 heterocycles. The first-order valence-electron chi connectivity index (χ1n) is 12.3. The molecule has 0 radical (unpaired) electrons. The van der Waals surface area contributed by atoms with Gasteiger partial charge in [-0.15, -0.1) is 0 Å². The average molecular weight is 481 g/mol. The van der Waals surface area contributed by atoms with Crippen LogP contribution in [0.15, 0.2) is 30.3 Å². The van der Waals surface area contributed by atoms with E-state index in [0.717, 1.165) is 18.4 Å². The molecule has 1 aliphatic carbocycles. The molecule has 0 bridgehead atoms. The Hall–Kier alpha value is -3.24. The lowest BCUT2D eigenvalue weighted by Gasteiger charge is -2.35. The Kier molecular flexibility index (Phi) is 6.83. The summed E-state index contributed by atoms with van der Waals surface area (Å²) < 4.78 is 11.1. The highest BCUT2D eigenvalue weighted by molar-refractivity contribution is 5.94. The van der Waals surface area contributed by atoms with Crippen molar-refractivity contribution in [2.24, 2.45) is 0 Å². The van der Waals surface area contributed by atoms with Gasteiger partial charge in [0, 0.05) is 36.4 Å². The van der Waals surface area contributed by atoms with E-state index >= 15 is 0 Å². The van der Waals surface area contributed by atoms with Crippen LogP contribution in [-0.2, 0) is 9.47 Å².